The summed E-state index contributed by atoms with van der Waals surface area (Å²) in [5.41, 5.74) is 5.30. The predicted molar refractivity (Wildman–Crippen MR) is 168 cm³/mol. The topological polar surface area (TPSA) is 27.7 Å². The SMILES string of the molecule is Cc1cc(C(C)(C)C)c(OP(Oc2ccccc2C(C)(C)C)Oc2ccccc2C(C)(C)C)c(C(C)(C)C)c1. The minimum atomic E-state index is -1.85. The van der Waals surface area contributed by atoms with E-state index in [-0.39, 0.29) is 21.7 Å². The van der Waals surface area contributed by atoms with Crippen molar-refractivity contribution in [3.63, 3.8) is 0 Å². The van der Waals surface area contributed by atoms with Crippen molar-refractivity contribution in [3.05, 3.63) is 88.5 Å². The first-order valence-corrected chi connectivity index (χ1v) is 15.1. The zero-order valence-corrected chi connectivity index (χ0v) is 27.3. The monoisotopic (exact) mass is 548 g/mol. The Bertz CT molecular complexity index is 1190. The van der Waals surface area contributed by atoms with Gasteiger partial charge in [-0.25, -0.2) is 0 Å². The largest absolute Gasteiger partial charge is 0.530 e. The number of para-hydroxylation sites is 2. The molecule has 0 heterocycles. The van der Waals surface area contributed by atoms with E-state index in [1.54, 1.807) is 0 Å². The Morgan fingerprint density at radius 1 is 0.462 bits per heavy atom. The van der Waals surface area contributed by atoms with E-state index in [4.69, 9.17) is 13.6 Å². The maximum absolute atomic E-state index is 6.95. The third kappa shape index (κ3) is 7.79. The van der Waals surface area contributed by atoms with Crippen molar-refractivity contribution in [2.24, 2.45) is 0 Å². The molecule has 0 aliphatic carbocycles. The van der Waals surface area contributed by atoms with Crippen LogP contribution in [0.4, 0.5) is 0 Å². The quantitative estimate of drug-likeness (QED) is 0.287. The maximum atomic E-state index is 6.95. The first-order valence-electron chi connectivity index (χ1n) is 14.0. The molecule has 0 amide bonds. The lowest BCUT2D eigenvalue weighted by atomic mass is 9.78. The molecule has 39 heavy (non-hydrogen) atoms. The molecule has 0 aliphatic rings. The van der Waals surface area contributed by atoms with Gasteiger partial charge in [0.2, 0.25) is 0 Å². The molecule has 3 nitrogen and oxygen atoms in total. The van der Waals surface area contributed by atoms with Gasteiger partial charge in [0.25, 0.3) is 0 Å². The molecular weight excluding hydrogens is 499 g/mol. The summed E-state index contributed by atoms with van der Waals surface area (Å²) in [5.74, 6) is 2.42. The van der Waals surface area contributed by atoms with Crippen molar-refractivity contribution in [2.75, 3.05) is 0 Å². The fraction of sp³-hybridized carbons (Fsp3) is 0.486. The minimum absolute atomic E-state index is 0.0993. The molecule has 0 saturated carbocycles. The molecule has 0 N–H and O–H groups in total. The summed E-state index contributed by atoms with van der Waals surface area (Å²) in [4.78, 5) is 0. The highest BCUT2D eigenvalue weighted by Gasteiger charge is 2.33. The van der Waals surface area contributed by atoms with E-state index in [1.807, 2.05) is 24.3 Å². The van der Waals surface area contributed by atoms with Gasteiger partial charge in [-0.15, -0.1) is 0 Å². The zero-order chi connectivity index (χ0) is 29.4. The fourth-order valence-electron chi connectivity index (χ4n) is 4.61. The molecule has 212 valence electrons. The van der Waals surface area contributed by atoms with Crippen molar-refractivity contribution in [2.45, 2.75) is 112 Å². The molecule has 0 radical (unpaired) electrons. The van der Waals surface area contributed by atoms with Gasteiger partial charge in [0.1, 0.15) is 17.2 Å². The first-order chi connectivity index (χ1) is 17.8. The normalized spacial score (nSPS) is 13.0. The van der Waals surface area contributed by atoms with Crippen LogP contribution in [-0.4, -0.2) is 0 Å². The van der Waals surface area contributed by atoms with Crippen molar-refractivity contribution < 1.29 is 13.6 Å². The molecule has 0 atom stereocenters. The van der Waals surface area contributed by atoms with Crippen LogP contribution >= 0.6 is 8.60 Å². The average molecular weight is 549 g/mol. The summed E-state index contributed by atoms with van der Waals surface area (Å²) >= 11 is 0. The van der Waals surface area contributed by atoms with Crippen LogP contribution in [0.3, 0.4) is 0 Å². The molecule has 3 rings (SSSR count). The summed E-state index contributed by atoms with van der Waals surface area (Å²) in [6.07, 6.45) is 0. The predicted octanol–water partition coefficient (Wildman–Crippen LogP) is 10.9. The van der Waals surface area contributed by atoms with E-state index in [1.165, 1.54) is 5.56 Å². The van der Waals surface area contributed by atoms with Crippen LogP contribution < -0.4 is 13.6 Å². The fourth-order valence-corrected chi connectivity index (χ4v) is 5.71. The van der Waals surface area contributed by atoms with Crippen LogP contribution in [0.5, 0.6) is 17.2 Å². The Labute approximate surface area is 239 Å². The number of rotatable bonds is 6. The van der Waals surface area contributed by atoms with E-state index in [2.05, 4.69) is 126 Å². The lowest BCUT2D eigenvalue weighted by molar-refractivity contribution is 0.367. The summed E-state index contributed by atoms with van der Waals surface area (Å²) < 4.78 is 20.4. The molecular formula is C35H49O3P. The Morgan fingerprint density at radius 2 is 0.795 bits per heavy atom. The van der Waals surface area contributed by atoms with Crippen LogP contribution in [0.2, 0.25) is 0 Å². The molecule has 4 heteroatoms. The van der Waals surface area contributed by atoms with Gasteiger partial charge in [-0.1, -0.05) is 137 Å². The van der Waals surface area contributed by atoms with Gasteiger partial charge in [0.05, 0.1) is 0 Å². The van der Waals surface area contributed by atoms with E-state index >= 15 is 0 Å². The van der Waals surface area contributed by atoms with Gasteiger partial charge in [0, 0.05) is 22.3 Å². The second-order valence-corrected chi connectivity index (χ2v) is 15.7. The molecule has 0 fully saturated rings. The number of hydrogen-bond donors (Lipinski definition) is 0. The molecule has 0 aromatic heterocycles. The lowest BCUT2D eigenvalue weighted by Gasteiger charge is -2.32. The van der Waals surface area contributed by atoms with Gasteiger partial charge >= 0.3 is 8.60 Å². The molecule has 0 aliphatic heterocycles. The molecule has 0 unspecified atom stereocenters. The Morgan fingerprint density at radius 3 is 1.13 bits per heavy atom. The van der Waals surface area contributed by atoms with Gasteiger partial charge in [-0.3, -0.25) is 0 Å². The molecule has 3 aromatic rings. The van der Waals surface area contributed by atoms with Crippen molar-refractivity contribution in [3.8, 4) is 17.2 Å². The van der Waals surface area contributed by atoms with Crippen molar-refractivity contribution in [1.29, 1.82) is 0 Å². The third-order valence-electron chi connectivity index (χ3n) is 6.75. The highest BCUT2D eigenvalue weighted by molar-refractivity contribution is 7.43. The Balaban J connectivity index is 2.22. The Kier molecular flexibility index (Phi) is 8.88. The summed E-state index contributed by atoms with van der Waals surface area (Å²) in [5, 5.41) is 0. The summed E-state index contributed by atoms with van der Waals surface area (Å²) in [7, 11) is -1.85. The van der Waals surface area contributed by atoms with Crippen LogP contribution in [0.1, 0.15) is 111 Å². The molecule has 3 aromatic carbocycles. The number of aryl methyl sites for hydroxylation is 1. The van der Waals surface area contributed by atoms with Gasteiger partial charge in [-0.2, -0.15) is 0 Å². The molecule has 0 bridgehead atoms. The van der Waals surface area contributed by atoms with Crippen LogP contribution in [-0.2, 0) is 21.7 Å². The molecule has 0 spiro atoms. The smallest absolute Gasteiger partial charge is 0.408 e. The third-order valence-corrected chi connectivity index (χ3v) is 7.77. The second-order valence-electron chi connectivity index (χ2n) is 14.7. The highest BCUT2D eigenvalue weighted by atomic mass is 31.2. The van der Waals surface area contributed by atoms with E-state index in [9.17, 15) is 0 Å². The van der Waals surface area contributed by atoms with Crippen molar-refractivity contribution in [1.82, 2.24) is 0 Å². The van der Waals surface area contributed by atoms with E-state index < -0.39 is 8.60 Å². The molecule has 0 saturated heterocycles. The second kappa shape index (κ2) is 11.2. The number of hydrogen-bond acceptors (Lipinski definition) is 3. The van der Waals surface area contributed by atoms with Crippen molar-refractivity contribution >= 4 is 8.60 Å². The van der Waals surface area contributed by atoms with Gasteiger partial charge in [-0.05, 0) is 40.7 Å². The van der Waals surface area contributed by atoms with Gasteiger partial charge in [0.15, 0.2) is 0 Å². The zero-order valence-electron chi connectivity index (χ0n) is 26.4. The maximum Gasteiger partial charge on any atom is 0.530 e. The van der Waals surface area contributed by atoms with Gasteiger partial charge < -0.3 is 13.6 Å². The Hall–Kier alpha value is -2.51. The van der Waals surface area contributed by atoms with Crippen LogP contribution in [0, 0.1) is 6.92 Å². The first kappa shape index (κ1) is 31.0. The number of benzene rings is 3. The standard InChI is InChI=1S/C35H49O3P/c1-24-22-27(34(8,9)10)31(28(23-24)35(11,12)13)38-39(36-29-20-16-14-18-25(29)32(2,3)4)37-30-21-17-15-19-26(30)33(5,6)7/h14-23H,1-13H3. The lowest BCUT2D eigenvalue weighted by Crippen LogP contribution is -2.21. The van der Waals surface area contributed by atoms with E-state index in [0.717, 1.165) is 39.5 Å². The van der Waals surface area contributed by atoms with E-state index in [0.29, 0.717) is 0 Å². The van der Waals surface area contributed by atoms with Crippen LogP contribution in [0.15, 0.2) is 60.7 Å². The summed E-state index contributed by atoms with van der Waals surface area (Å²) in [6.45, 7) is 28.7. The highest BCUT2D eigenvalue weighted by Crippen LogP contribution is 2.51. The average Bonchev–Trinajstić information content (AvgIpc) is 2.78. The van der Waals surface area contributed by atoms with Crippen LogP contribution in [0.25, 0.3) is 0 Å². The minimum Gasteiger partial charge on any atom is -0.408 e. The summed E-state index contributed by atoms with van der Waals surface area (Å²) in [6, 6.07) is 20.9.